The number of rotatable bonds is 2. The summed E-state index contributed by atoms with van der Waals surface area (Å²) in [6.07, 6.45) is 2.74. The molecule has 0 bridgehead atoms. The standard InChI is InChI=1S/C18H23N3O/c1-13-15(12-19-21(13)18(2,3)4)17(22)20-11-10-16(20)14-8-6-5-7-9-14/h5-9,12,16H,10-11H2,1-4H3/t16-/m0/s1. The monoisotopic (exact) mass is 297 g/mol. The van der Waals surface area contributed by atoms with E-state index in [1.54, 1.807) is 6.20 Å². The van der Waals surface area contributed by atoms with Gasteiger partial charge in [-0.3, -0.25) is 9.48 Å². The summed E-state index contributed by atoms with van der Waals surface area (Å²) in [5, 5.41) is 4.42. The molecule has 1 aromatic heterocycles. The lowest BCUT2D eigenvalue weighted by Gasteiger charge is -2.41. The van der Waals surface area contributed by atoms with Crippen molar-refractivity contribution in [1.82, 2.24) is 14.7 Å². The molecule has 3 rings (SSSR count). The molecule has 0 unspecified atom stereocenters. The van der Waals surface area contributed by atoms with E-state index in [0.29, 0.717) is 0 Å². The zero-order valence-electron chi connectivity index (χ0n) is 13.7. The number of likely N-dealkylation sites (tertiary alicyclic amines) is 1. The van der Waals surface area contributed by atoms with Gasteiger partial charge in [0.05, 0.1) is 23.3 Å². The maximum absolute atomic E-state index is 12.8. The van der Waals surface area contributed by atoms with Gasteiger partial charge in [-0.2, -0.15) is 5.10 Å². The summed E-state index contributed by atoms with van der Waals surface area (Å²) in [4.78, 5) is 14.8. The van der Waals surface area contributed by atoms with Crippen LogP contribution in [0.5, 0.6) is 0 Å². The molecule has 1 fully saturated rings. The van der Waals surface area contributed by atoms with Crippen molar-refractivity contribution in [2.45, 2.75) is 45.7 Å². The van der Waals surface area contributed by atoms with Crippen molar-refractivity contribution in [2.24, 2.45) is 0 Å². The quantitative estimate of drug-likeness (QED) is 0.850. The first-order valence-corrected chi connectivity index (χ1v) is 7.80. The third-order valence-electron chi connectivity index (χ3n) is 4.34. The largest absolute Gasteiger partial charge is 0.331 e. The Morgan fingerprint density at radius 3 is 2.41 bits per heavy atom. The van der Waals surface area contributed by atoms with Crippen molar-refractivity contribution in [3.05, 3.63) is 53.3 Å². The second-order valence-electron chi connectivity index (χ2n) is 6.94. The smallest absolute Gasteiger partial charge is 0.257 e. The van der Waals surface area contributed by atoms with Crippen LogP contribution in [0.2, 0.25) is 0 Å². The summed E-state index contributed by atoms with van der Waals surface area (Å²) >= 11 is 0. The summed E-state index contributed by atoms with van der Waals surface area (Å²) in [5.41, 5.74) is 2.76. The third kappa shape index (κ3) is 2.43. The minimum atomic E-state index is -0.115. The zero-order valence-corrected chi connectivity index (χ0v) is 13.7. The highest BCUT2D eigenvalue weighted by atomic mass is 16.2. The van der Waals surface area contributed by atoms with Gasteiger partial charge in [-0.05, 0) is 39.7 Å². The van der Waals surface area contributed by atoms with Gasteiger partial charge in [0.15, 0.2) is 0 Å². The van der Waals surface area contributed by atoms with Crippen LogP contribution in [0.3, 0.4) is 0 Å². The normalized spacial score (nSPS) is 18.2. The minimum Gasteiger partial charge on any atom is -0.331 e. The summed E-state index contributed by atoms with van der Waals surface area (Å²) in [6.45, 7) is 9.08. The van der Waals surface area contributed by atoms with Crippen LogP contribution in [-0.2, 0) is 5.54 Å². The summed E-state index contributed by atoms with van der Waals surface area (Å²) < 4.78 is 1.93. The van der Waals surface area contributed by atoms with Gasteiger partial charge < -0.3 is 4.90 Å². The molecule has 1 atom stereocenters. The molecule has 116 valence electrons. The molecule has 0 aliphatic carbocycles. The van der Waals surface area contributed by atoms with Gasteiger partial charge in [-0.25, -0.2) is 0 Å². The number of aromatic nitrogens is 2. The lowest BCUT2D eigenvalue weighted by Crippen LogP contribution is -2.45. The Morgan fingerprint density at radius 2 is 1.91 bits per heavy atom. The van der Waals surface area contributed by atoms with E-state index in [9.17, 15) is 4.79 Å². The fraction of sp³-hybridized carbons (Fsp3) is 0.444. The third-order valence-corrected chi connectivity index (χ3v) is 4.34. The highest BCUT2D eigenvalue weighted by Gasteiger charge is 2.35. The van der Waals surface area contributed by atoms with E-state index in [0.717, 1.165) is 24.2 Å². The average molecular weight is 297 g/mol. The SMILES string of the molecule is Cc1c(C(=O)N2CC[C@H]2c2ccccc2)cnn1C(C)(C)C. The number of carbonyl (C=O) groups is 1. The minimum absolute atomic E-state index is 0.0908. The van der Waals surface area contributed by atoms with Crippen molar-refractivity contribution in [3.63, 3.8) is 0 Å². The molecule has 0 spiro atoms. The molecule has 1 saturated heterocycles. The number of benzene rings is 1. The van der Waals surface area contributed by atoms with Crippen LogP contribution in [0.4, 0.5) is 0 Å². The Bertz CT molecular complexity index is 682. The molecule has 1 amide bonds. The molecule has 4 heteroatoms. The molecule has 2 heterocycles. The van der Waals surface area contributed by atoms with Gasteiger partial charge in [0, 0.05) is 12.2 Å². The first-order valence-electron chi connectivity index (χ1n) is 7.80. The van der Waals surface area contributed by atoms with Crippen LogP contribution in [0.15, 0.2) is 36.5 Å². The number of hydrogen-bond acceptors (Lipinski definition) is 2. The Morgan fingerprint density at radius 1 is 1.23 bits per heavy atom. The van der Waals surface area contributed by atoms with Gasteiger partial charge in [-0.15, -0.1) is 0 Å². The Labute approximate surface area is 131 Å². The maximum atomic E-state index is 12.8. The first kappa shape index (κ1) is 14.8. The zero-order chi connectivity index (χ0) is 15.9. The number of amides is 1. The lowest BCUT2D eigenvalue weighted by molar-refractivity contribution is 0.0459. The van der Waals surface area contributed by atoms with Crippen LogP contribution >= 0.6 is 0 Å². The van der Waals surface area contributed by atoms with E-state index in [-0.39, 0.29) is 17.5 Å². The molecule has 0 N–H and O–H groups in total. The van der Waals surface area contributed by atoms with Gasteiger partial charge in [-0.1, -0.05) is 30.3 Å². The van der Waals surface area contributed by atoms with E-state index in [4.69, 9.17) is 0 Å². The van der Waals surface area contributed by atoms with Crippen LogP contribution < -0.4 is 0 Å². The molecule has 0 radical (unpaired) electrons. The van der Waals surface area contributed by atoms with Crippen molar-refractivity contribution >= 4 is 5.91 Å². The molecular weight excluding hydrogens is 274 g/mol. The van der Waals surface area contributed by atoms with E-state index >= 15 is 0 Å². The van der Waals surface area contributed by atoms with Crippen molar-refractivity contribution < 1.29 is 4.79 Å². The van der Waals surface area contributed by atoms with E-state index in [1.165, 1.54) is 5.56 Å². The molecular formula is C18H23N3O. The van der Waals surface area contributed by atoms with Gasteiger partial charge in [0.2, 0.25) is 0 Å². The number of nitrogens with zero attached hydrogens (tertiary/aromatic N) is 3. The average Bonchev–Trinajstić information content (AvgIpc) is 2.80. The fourth-order valence-electron chi connectivity index (χ4n) is 3.10. The first-order chi connectivity index (χ1) is 10.4. The van der Waals surface area contributed by atoms with Gasteiger partial charge >= 0.3 is 0 Å². The Hall–Kier alpha value is -2.10. The van der Waals surface area contributed by atoms with Crippen LogP contribution in [0.25, 0.3) is 0 Å². The summed E-state index contributed by atoms with van der Waals surface area (Å²) in [5.74, 6) is 0.0908. The molecule has 1 aliphatic heterocycles. The predicted molar refractivity (Wildman–Crippen MR) is 86.8 cm³/mol. The van der Waals surface area contributed by atoms with Crippen molar-refractivity contribution in [3.8, 4) is 0 Å². The molecule has 0 saturated carbocycles. The summed E-state index contributed by atoms with van der Waals surface area (Å²) in [7, 11) is 0. The summed E-state index contributed by atoms with van der Waals surface area (Å²) in [6, 6.07) is 10.4. The molecule has 1 aromatic carbocycles. The van der Waals surface area contributed by atoms with Gasteiger partial charge in [0.1, 0.15) is 0 Å². The van der Waals surface area contributed by atoms with Crippen LogP contribution in [-0.4, -0.2) is 27.1 Å². The number of carbonyl (C=O) groups excluding carboxylic acids is 1. The van der Waals surface area contributed by atoms with E-state index in [1.807, 2.05) is 34.7 Å². The van der Waals surface area contributed by atoms with Crippen molar-refractivity contribution in [1.29, 1.82) is 0 Å². The highest BCUT2D eigenvalue weighted by Crippen LogP contribution is 2.35. The molecule has 4 nitrogen and oxygen atoms in total. The predicted octanol–water partition coefficient (Wildman–Crippen LogP) is 3.53. The molecule has 22 heavy (non-hydrogen) atoms. The highest BCUT2D eigenvalue weighted by molar-refractivity contribution is 5.95. The van der Waals surface area contributed by atoms with E-state index in [2.05, 4.69) is 38.0 Å². The fourth-order valence-corrected chi connectivity index (χ4v) is 3.10. The molecule has 1 aliphatic rings. The van der Waals surface area contributed by atoms with Crippen LogP contribution in [0.1, 0.15) is 54.8 Å². The topological polar surface area (TPSA) is 38.1 Å². The second-order valence-corrected chi connectivity index (χ2v) is 6.94. The maximum Gasteiger partial charge on any atom is 0.257 e. The van der Waals surface area contributed by atoms with E-state index < -0.39 is 0 Å². The van der Waals surface area contributed by atoms with Gasteiger partial charge in [0.25, 0.3) is 5.91 Å². The Kier molecular flexibility index (Phi) is 3.55. The number of hydrogen-bond donors (Lipinski definition) is 0. The Balaban J connectivity index is 1.85. The van der Waals surface area contributed by atoms with Crippen molar-refractivity contribution in [2.75, 3.05) is 6.54 Å². The van der Waals surface area contributed by atoms with Crippen LogP contribution in [0, 0.1) is 6.92 Å². The lowest BCUT2D eigenvalue weighted by atomic mass is 9.94. The molecule has 2 aromatic rings. The second kappa shape index (κ2) is 5.27.